The van der Waals surface area contributed by atoms with Crippen molar-refractivity contribution in [1.82, 2.24) is 5.32 Å². The molecule has 0 radical (unpaired) electrons. The second kappa shape index (κ2) is 6.55. The summed E-state index contributed by atoms with van der Waals surface area (Å²) in [7, 11) is 1.64. The molecule has 0 aliphatic heterocycles. The minimum Gasteiger partial charge on any atom is -0.497 e. The van der Waals surface area contributed by atoms with E-state index in [2.05, 4.69) is 5.32 Å². The zero-order valence-corrected chi connectivity index (χ0v) is 11.4. The molecule has 2 rings (SSSR count). The molecular weight excluding hydrogens is 265 g/mol. The molecule has 100 valence electrons. The Labute approximate surface area is 117 Å². The summed E-state index contributed by atoms with van der Waals surface area (Å²) in [5.74, 6) is 0.444. The van der Waals surface area contributed by atoms with Gasteiger partial charge < -0.3 is 10.1 Å². The fourth-order valence-corrected chi connectivity index (χ4v) is 1.90. The van der Waals surface area contributed by atoms with Crippen LogP contribution in [0.2, 0.25) is 5.02 Å². The largest absolute Gasteiger partial charge is 0.497 e. The molecule has 2 aromatic rings. The van der Waals surface area contributed by atoms with Gasteiger partial charge in [0, 0.05) is 13.1 Å². The summed E-state index contributed by atoms with van der Waals surface area (Å²) in [5, 5.41) is 3.40. The molecule has 2 nitrogen and oxygen atoms in total. The van der Waals surface area contributed by atoms with Crippen molar-refractivity contribution in [3.05, 3.63) is 64.4 Å². The molecule has 0 unspecified atom stereocenters. The van der Waals surface area contributed by atoms with E-state index >= 15 is 0 Å². The van der Waals surface area contributed by atoms with Gasteiger partial charge >= 0.3 is 0 Å². The first kappa shape index (κ1) is 13.8. The number of benzene rings is 2. The van der Waals surface area contributed by atoms with Crippen molar-refractivity contribution in [3.63, 3.8) is 0 Å². The maximum atomic E-state index is 13.3. The maximum Gasteiger partial charge on any atom is 0.142 e. The van der Waals surface area contributed by atoms with Crippen molar-refractivity contribution < 1.29 is 9.13 Å². The lowest BCUT2D eigenvalue weighted by atomic mass is 10.2. The summed E-state index contributed by atoms with van der Waals surface area (Å²) in [6, 6.07) is 12.6. The quantitative estimate of drug-likeness (QED) is 0.899. The lowest BCUT2D eigenvalue weighted by Crippen LogP contribution is -2.12. The zero-order chi connectivity index (χ0) is 13.7. The number of hydrogen-bond donors (Lipinski definition) is 1. The van der Waals surface area contributed by atoms with Gasteiger partial charge in [0.25, 0.3) is 0 Å². The van der Waals surface area contributed by atoms with Gasteiger partial charge in [0.1, 0.15) is 11.6 Å². The standard InChI is InChI=1S/C15H15ClFNO/c1-19-13-4-2-3-11(7-13)9-18-10-12-5-6-14(16)15(17)8-12/h2-8,18H,9-10H2,1H3. The zero-order valence-electron chi connectivity index (χ0n) is 10.6. The van der Waals surface area contributed by atoms with Crippen LogP contribution in [0.25, 0.3) is 0 Å². The Morgan fingerprint density at radius 3 is 2.53 bits per heavy atom. The lowest BCUT2D eigenvalue weighted by Gasteiger charge is -2.07. The van der Waals surface area contributed by atoms with E-state index in [1.165, 1.54) is 6.07 Å². The average molecular weight is 280 g/mol. The van der Waals surface area contributed by atoms with Gasteiger partial charge in [0.15, 0.2) is 0 Å². The van der Waals surface area contributed by atoms with Crippen molar-refractivity contribution in [2.45, 2.75) is 13.1 Å². The predicted octanol–water partition coefficient (Wildman–Crippen LogP) is 3.78. The van der Waals surface area contributed by atoms with Gasteiger partial charge in [0.05, 0.1) is 12.1 Å². The Hall–Kier alpha value is -1.58. The van der Waals surface area contributed by atoms with E-state index in [9.17, 15) is 4.39 Å². The van der Waals surface area contributed by atoms with Gasteiger partial charge in [-0.3, -0.25) is 0 Å². The molecule has 0 saturated heterocycles. The van der Waals surface area contributed by atoms with Crippen LogP contribution < -0.4 is 10.1 Å². The van der Waals surface area contributed by atoms with E-state index in [0.29, 0.717) is 13.1 Å². The van der Waals surface area contributed by atoms with Crippen molar-refractivity contribution in [2.75, 3.05) is 7.11 Å². The molecule has 0 heterocycles. The van der Waals surface area contributed by atoms with Crippen LogP contribution >= 0.6 is 11.6 Å². The van der Waals surface area contributed by atoms with E-state index < -0.39 is 0 Å². The summed E-state index contributed by atoms with van der Waals surface area (Å²) in [4.78, 5) is 0. The predicted molar refractivity (Wildman–Crippen MR) is 74.9 cm³/mol. The summed E-state index contributed by atoms with van der Waals surface area (Å²) in [6.07, 6.45) is 0. The third kappa shape index (κ3) is 3.94. The average Bonchev–Trinajstić information content (AvgIpc) is 2.43. The fourth-order valence-electron chi connectivity index (χ4n) is 1.78. The van der Waals surface area contributed by atoms with Crippen LogP contribution in [0.3, 0.4) is 0 Å². The Balaban J connectivity index is 1.90. The van der Waals surface area contributed by atoms with Gasteiger partial charge in [0.2, 0.25) is 0 Å². The second-order valence-electron chi connectivity index (χ2n) is 4.20. The van der Waals surface area contributed by atoms with E-state index in [1.54, 1.807) is 13.2 Å². The van der Waals surface area contributed by atoms with Crippen molar-refractivity contribution in [1.29, 1.82) is 0 Å². The van der Waals surface area contributed by atoms with Gasteiger partial charge in [-0.15, -0.1) is 0 Å². The van der Waals surface area contributed by atoms with Crippen molar-refractivity contribution in [2.24, 2.45) is 0 Å². The van der Waals surface area contributed by atoms with Gasteiger partial charge in [-0.1, -0.05) is 29.8 Å². The Kier molecular flexibility index (Phi) is 4.77. The molecule has 0 saturated carbocycles. The first-order chi connectivity index (χ1) is 9.19. The molecule has 0 atom stereocenters. The second-order valence-corrected chi connectivity index (χ2v) is 4.61. The summed E-state index contributed by atoms with van der Waals surface area (Å²) in [6.45, 7) is 1.28. The summed E-state index contributed by atoms with van der Waals surface area (Å²) >= 11 is 5.63. The van der Waals surface area contributed by atoms with Crippen LogP contribution in [0.5, 0.6) is 5.75 Å². The number of halogens is 2. The lowest BCUT2D eigenvalue weighted by molar-refractivity contribution is 0.414. The van der Waals surface area contributed by atoms with Gasteiger partial charge in [-0.05, 0) is 35.4 Å². The van der Waals surface area contributed by atoms with E-state index in [4.69, 9.17) is 16.3 Å². The Morgan fingerprint density at radius 2 is 1.84 bits per heavy atom. The third-order valence-electron chi connectivity index (χ3n) is 2.78. The summed E-state index contributed by atoms with van der Waals surface area (Å²) < 4.78 is 18.4. The normalized spacial score (nSPS) is 10.5. The smallest absolute Gasteiger partial charge is 0.142 e. The molecule has 0 bridgehead atoms. The minimum atomic E-state index is -0.387. The van der Waals surface area contributed by atoms with Crippen LogP contribution in [0.4, 0.5) is 4.39 Å². The summed E-state index contributed by atoms with van der Waals surface area (Å²) in [5.41, 5.74) is 1.98. The van der Waals surface area contributed by atoms with Crippen LogP contribution in [0.1, 0.15) is 11.1 Å². The molecular formula is C15H15ClFNO. The number of hydrogen-bond acceptors (Lipinski definition) is 2. The third-order valence-corrected chi connectivity index (χ3v) is 3.08. The highest BCUT2D eigenvalue weighted by atomic mass is 35.5. The van der Waals surface area contributed by atoms with Crippen LogP contribution in [-0.2, 0) is 13.1 Å². The fraction of sp³-hybridized carbons (Fsp3) is 0.200. The number of rotatable bonds is 5. The van der Waals surface area contributed by atoms with Gasteiger partial charge in [-0.2, -0.15) is 0 Å². The molecule has 0 fully saturated rings. The highest BCUT2D eigenvalue weighted by molar-refractivity contribution is 6.30. The number of ether oxygens (including phenoxy) is 1. The maximum absolute atomic E-state index is 13.3. The molecule has 0 aliphatic carbocycles. The Bertz CT molecular complexity index is 560. The molecule has 0 aromatic heterocycles. The van der Waals surface area contributed by atoms with Crippen LogP contribution in [0.15, 0.2) is 42.5 Å². The Morgan fingerprint density at radius 1 is 1.11 bits per heavy atom. The van der Waals surface area contributed by atoms with E-state index in [0.717, 1.165) is 16.9 Å². The molecule has 19 heavy (non-hydrogen) atoms. The topological polar surface area (TPSA) is 21.3 Å². The minimum absolute atomic E-state index is 0.150. The van der Waals surface area contributed by atoms with Crippen LogP contribution in [-0.4, -0.2) is 7.11 Å². The highest BCUT2D eigenvalue weighted by Gasteiger charge is 2.01. The molecule has 0 aliphatic rings. The molecule has 0 spiro atoms. The highest BCUT2D eigenvalue weighted by Crippen LogP contribution is 2.16. The number of methoxy groups -OCH3 is 1. The monoisotopic (exact) mass is 279 g/mol. The molecule has 0 amide bonds. The first-order valence-electron chi connectivity index (χ1n) is 5.96. The van der Waals surface area contributed by atoms with E-state index in [1.807, 2.05) is 30.3 Å². The van der Waals surface area contributed by atoms with Crippen molar-refractivity contribution >= 4 is 11.6 Å². The van der Waals surface area contributed by atoms with Crippen LogP contribution in [0, 0.1) is 5.82 Å². The SMILES string of the molecule is COc1cccc(CNCc2ccc(Cl)c(F)c2)c1. The van der Waals surface area contributed by atoms with E-state index in [-0.39, 0.29) is 10.8 Å². The first-order valence-corrected chi connectivity index (χ1v) is 6.34. The van der Waals surface area contributed by atoms with Crippen molar-refractivity contribution in [3.8, 4) is 5.75 Å². The molecule has 2 aromatic carbocycles. The number of nitrogens with one attached hydrogen (secondary N) is 1. The molecule has 1 N–H and O–H groups in total. The van der Waals surface area contributed by atoms with Gasteiger partial charge in [-0.25, -0.2) is 4.39 Å². The molecule has 4 heteroatoms.